The molecule has 1 fully saturated rings. The van der Waals surface area contributed by atoms with Gasteiger partial charge in [-0.1, -0.05) is 12.1 Å². The van der Waals surface area contributed by atoms with Gasteiger partial charge >= 0.3 is 5.97 Å². The first-order valence-electron chi connectivity index (χ1n) is 6.51. The van der Waals surface area contributed by atoms with E-state index in [-0.39, 0.29) is 5.91 Å². The van der Waals surface area contributed by atoms with Crippen LogP contribution >= 0.6 is 0 Å². The summed E-state index contributed by atoms with van der Waals surface area (Å²) < 4.78 is 0. The number of aromatic amines is 1. The molecule has 2 heterocycles. The molecule has 6 heteroatoms. The number of rotatable bonds is 2. The number of hydrogen-bond acceptors (Lipinski definition) is 3. The molecule has 104 valence electrons. The van der Waals surface area contributed by atoms with Crippen LogP contribution in [0.25, 0.3) is 10.9 Å². The summed E-state index contributed by atoms with van der Waals surface area (Å²) in [5.41, 5.74) is -0.00858. The highest BCUT2D eigenvalue weighted by atomic mass is 16.4. The number of carboxylic acid groups (broad SMARTS) is 1. The van der Waals surface area contributed by atoms with Crippen molar-refractivity contribution >= 4 is 22.8 Å². The second-order valence-electron chi connectivity index (χ2n) is 5.28. The van der Waals surface area contributed by atoms with Crippen molar-refractivity contribution in [1.29, 1.82) is 0 Å². The summed E-state index contributed by atoms with van der Waals surface area (Å²) in [6.45, 7) is 2.07. The van der Waals surface area contributed by atoms with Crippen LogP contribution < -0.4 is 0 Å². The number of nitrogens with one attached hydrogen (secondary N) is 1. The molecule has 20 heavy (non-hydrogen) atoms. The number of likely N-dealkylation sites (tertiary alicyclic amines) is 1. The number of aliphatic carboxylic acids is 1. The number of benzene rings is 1. The molecule has 1 aliphatic rings. The van der Waals surface area contributed by atoms with Gasteiger partial charge in [0.1, 0.15) is 5.54 Å². The fourth-order valence-corrected chi connectivity index (χ4v) is 2.80. The summed E-state index contributed by atoms with van der Waals surface area (Å²) in [5, 5.41) is 17.0. The summed E-state index contributed by atoms with van der Waals surface area (Å²) in [6, 6.07) is 5.33. The maximum absolute atomic E-state index is 12.7. The van der Waals surface area contributed by atoms with E-state index >= 15 is 0 Å². The van der Waals surface area contributed by atoms with Crippen molar-refractivity contribution in [3.63, 3.8) is 0 Å². The predicted molar refractivity (Wildman–Crippen MR) is 72.4 cm³/mol. The molecule has 1 atom stereocenters. The number of carbonyl (C=O) groups is 2. The van der Waals surface area contributed by atoms with E-state index in [4.69, 9.17) is 0 Å². The molecule has 1 unspecified atom stereocenters. The molecule has 6 nitrogen and oxygen atoms in total. The summed E-state index contributed by atoms with van der Waals surface area (Å²) in [5.74, 6) is -1.22. The lowest BCUT2D eigenvalue weighted by molar-refractivity contribution is -0.147. The number of amides is 1. The SMILES string of the molecule is CC1(C(=O)O)CCCN1C(=O)c1cccc2cn[nH]c12. The Morgan fingerprint density at radius 2 is 2.25 bits per heavy atom. The Balaban J connectivity index is 2.05. The molecule has 0 aliphatic carbocycles. The molecule has 1 amide bonds. The van der Waals surface area contributed by atoms with Crippen LogP contribution in [-0.2, 0) is 4.79 Å². The number of fused-ring (bicyclic) bond motifs is 1. The molecule has 1 aromatic carbocycles. The number of nitrogens with zero attached hydrogens (tertiary/aromatic N) is 2. The monoisotopic (exact) mass is 273 g/mol. The van der Waals surface area contributed by atoms with Crippen molar-refractivity contribution in [3.05, 3.63) is 30.0 Å². The normalized spacial score (nSPS) is 22.4. The van der Waals surface area contributed by atoms with Crippen LogP contribution in [0.15, 0.2) is 24.4 Å². The minimum atomic E-state index is -1.13. The van der Waals surface area contributed by atoms with Gasteiger partial charge in [-0.25, -0.2) is 4.79 Å². The highest BCUT2D eigenvalue weighted by molar-refractivity contribution is 6.07. The van der Waals surface area contributed by atoms with Crippen LogP contribution in [0.4, 0.5) is 0 Å². The Bertz CT molecular complexity index is 694. The lowest BCUT2D eigenvalue weighted by Gasteiger charge is -2.31. The van der Waals surface area contributed by atoms with Gasteiger partial charge < -0.3 is 10.0 Å². The van der Waals surface area contributed by atoms with Crippen LogP contribution in [0.5, 0.6) is 0 Å². The van der Waals surface area contributed by atoms with Crippen LogP contribution in [0.1, 0.15) is 30.1 Å². The average molecular weight is 273 g/mol. The van der Waals surface area contributed by atoms with Crippen LogP contribution in [0, 0.1) is 0 Å². The van der Waals surface area contributed by atoms with Gasteiger partial charge in [-0.2, -0.15) is 5.10 Å². The Kier molecular flexibility index (Phi) is 2.74. The van der Waals surface area contributed by atoms with Gasteiger partial charge in [0.25, 0.3) is 5.91 Å². The number of aromatic nitrogens is 2. The first-order chi connectivity index (χ1) is 9.54. The van der Waals surface area contributed by atoms with Crippen molar-refractivity contribution < 1.29 is 14.7 Å². The molecule has 0 spiro atoms. The minimum absolute atomic E-state index is 0.262. The van der Waals surface area contributed by atoms with E-state index in [9.17, 15) is 14.7 Å². The summed E-state index contributed by atoms with van der Waals surface area (Å²) >= 11 is 0. The highest BCUT2D eigenvalue weighted by Crippen LogP contribution is 2.31. The maximum Gasteiger partial charge on any atom is 0.329 e. The average Bonchev–Trinajstić information content (AvgIpc) is 3.04. The van der Waals surface area contributed by atoms with Gasteiger partial charge in [0.2, 0.25) is 0 Å². The van der Waals surface area contributed by atoms with E-state index in [2.05, 4.69) is 10.2 Å². The molecule has 2 N–H and O–H groups in total. The summed E-state index contributed by atoms with van der Waals surface area (Å²) in [6.07, 6.45) is 2.83. The van der Waals surface area contributed by atoms with Crippen LogP contribution in [-0.4, -0.2) is 44.2 Å². The van der Waals surface area contributed by atoms with E-state index in [1.807, 2.05) is 6.07 Å². The van der Waals surface area contributed by atoms with E-state index in [0.29, 0.717) is 30.5 Å². The number of para-hydroxylation sites is 1. The first-order valence-corrected chi connectivity index (χ1v) is 6.51. The number of hydrogen-bond donors (Lipinski definition) is 2. The Morgan fingerprint density at radius 1 is 1.45 bits per heavy atom. The second-order valence-corrected chi connectivity index (χ2v) is 5.28. The molecule has 3 rings (SSSR count). The topological polar surface area (TPSA) is 86.3 Å². The lowest BCUT2D eigenvalue weighted by atomic mass is 9.98. The quantitative estimate of drug-likeness (QED) is 0.871. The Labute approximate surface area is 115 Å². The highest BCUT2D eigenvalue weighted by Gasteiger charge is 2.46. The largest absolute Gasteiger partial charge is 0.480 e. The molecule has 1 aliphatic heterocycles. The van der Waals surface area contributed by atoms with Gasteiger partial charge in [0.15, 0.2) is 0 Å². The first kappa shape index (κ1) is 12.7. The Hall–Kier alpha value is -2.37. The molecule has 0 saturated carbocycles. The van der Waals surface area contributed by atoms with E-state index in [0.717, 1.165) is 5.39 Å². The van der Waals surface area contributed by atoms with Gasteiger partial charge in [-0.05, 0) is 25.8 Å². The van der Waals surface area contributed by atoms with Crippen molar-refractivity contribution in [2.75, 3.05) is 6.54 Å². The molecule has 1 aromatic heterocycles. The molecular formula is C14H15N3O3. The molecular weight excluding hydrogens is 258 g/mol. The van der Waals surface area contributed by atoms with Gasteiger partial charge in [-0.15, -0.1) is 0 Å². The van der Waals surface area contributed by atoms with E-state index < -0.39 is 11.5 Å². The summed E-state index contributed by atoms with van der Waals surface area (Å²) in [4.78, 5) is 25.6. The fraction of sp³-hybridized carbons (Fsp3) is 0.357. The fourth-order valence-electron chi connectivity index (χ4n) is 2.80. The van der Waals surface area contributed by atoms with Crippen molar-refractivity contribution in [2.24, 2.45) is 0 Å². The lowest BCUT2D eigenvalue weighted by Crippen LogP contribution is -2.50. The molecule has 0 bridgehead atoms. The third-order valence-corrected chi connectivity index (χ3v) is 4.05. The predicted octanol–water partition coefficient (Wildman–Crippen LogP) is 1.64. The van der Waals surface area contributed by atoms with Gasteiger partial charge in [-0.3, -0.25) is 9.89 Å². The zero-order valence-corrected chi connectivity index (χ0v) is 11.1. The van der Waals surface area contributed by atoms with Crippen molar-refractivity contribution in [3.8, 4) is 0 Å². The zero-order chi connectivity index (χ0) is 14.3. The van der Waals surface area contributed by atoms with Crippen molar-refractivity contribution in [2.45, 2.75) is 25.3 Å². The smallest absolute Gasteiger partial charge is 0.329 e. The minimum Gasteiger partial charge on any atom is -0.480 e. The zero-order valence-electron chi connectivity index (χ0n) is 11.1. The van der Waals surface area contributed by atoms with Crippen LogP contribution in [0.3, 0.4) is 0 Å². The third kappa shape index (κ3) is 1.68. The Morgan fingerprint density at radius 3 is 3.00 bits per heavy atom. The third-order valence-electron chi connectivity index (χ3n) is 4.05. The summed E-state index contributed by atoms with van der Waals surface area (Å²) in [7, 11) is 0. The molecule has 1 saturated heterocycles. The van der Waals surface area contributed by atoms with Gasteiger partial charge in [0, 0.05) is 11.9 Å². The van der Waals surface area contributed by atoms with E-state index in [1.165, 1.54) is 4.90 Å². The standard InChI is InChI=1S/C14H15N3O3/c1-14(13(19)20)6-3-7-17(14)12(18)10-5-2-4-9-8-15-16-11(9)10/h2,4-5,8H,3,6-7H2,1H3,(H,15,16)(H,19,20). The molecule has 2 aromatic rings. The number of carbonyl (C=O) groups excluding carboxylic acids is 1. The van der Waals surface area contributed by atoms with Crippen molar-refractivity contribution in [1.82, 2.24) is 15.1 Å². The number of carboxylic acids is 1. The second kappa shape index (κ2) is 4.33. The molecule has 0 radical (unpaired) electrons. The number of H-pyrrole nitrogens is 1. The van der Waals surface area contributed by atoms with Gasteiger partial charge in [0.05, 0.1) is 17.3 Å². The van der Waals surface area contributed by atoms with Crippen LogP contribution in [0.2, 0.25) is 0 Å². The maximum atomic E-state index is 12.7. The van der Waals surface area contributed by atoms with E-state index in [1.54, 1.807) is 25.3 Å².